The molecule has 0 heterocycles. The van der Waals surface area contributed by atoms with Crippen molar-refractivity contribution in [3.63, 3.8) is 0 Å². The van der Waals surface area contributed by atoms with Crippen molar-refractivity contribution in [3.05, 3.63) is 65.7 Å². The summed E-state index contributed by atoms with van der Waals surface area (Å²) in [6, 6.07) is 14.4. The van der Waals surface area contributed by atoms with Gasteiger partial charge >= 0.3 is 5.97 Å². The SMILES string of the molecule is CC=Cc1ccc(O)c(OC)c1.O=C(O)Cc1ccccc1. The second-order valence-electron chi connectivity index (χ2n) is 4.49. The fourth-order valence-corrected chi connectivity index (χ4v) is 1.76. The van der Waals surface area contributed by atoms with Gasteiger partial charge < -0.3 is 14.9 Å². The minimum absolute atomic E-state index is 0.112. The summed E-state index contributed by atoms with van der Waals surface area (Å²) in [5.74, 6) is -0.109. The van der Waals surface area contributed by atoms with Crippen LogP contribution in [-0.2, 0) is 11.2 Å². The quantitative estimate of drug-likeness (QED) is 0.902. The normalized spacial score (nSPS) is 9.91. The second-order valence-corrected chi connectivity index (χ2v) is 4.49. The van der Waals surface area contributed by atoms with E-state index in [1.807, 2.05) is 43.3 Å². The highest BCUT2D eigenvalue weighted by Gasteiger charge is 1.99. The molecular formula is C18H20O4. The molecule has 2 aromatic carbocycles. The van der Waals surface area contributed by atoms with Crippen LogP contribution in [0.4, 0.5) is 0 Å². The van der Waals surface area contributed by atoms with Crippen molar-refractivity contribution in [2.24, 2.45) is 0 Å². The molecule has 0 aromatic heterocycles. The smallest absolute Gasteiger partial charge is 0.307 e. The molecule has 2 aromatic rings. The maximum absolute atomic E-state index is 10.2. The van der Waals surface area contributed by atoms with Crippen molar-refractivity contribution < 1.29 is 19.7 Å². The van der Waals surface area contributed by atoms with Crippen LogP contribution >= 0.6 is 0 Å². The van der Waals surface area contributed by atoms with Crippen LogP contribution in [0, 0.1) is 0 Å². The standard InChI is InChI=1S/C10H12O2.C8H8O2/c1-3-4-8-5-6-9(11)10(7-8)12-2;9-8(10)6-7-4-2-1-3-5-7/h3-7,11H,1-2H3;1-5H,6H2,(H,9,10). The van der Waals surface area contributed by atoms with E-state index in [0.717, 1.165) is 11.1 Å². The van der Waals surface area contributed by atoms with Gasteiger partial charge in [0.05, 0.1) is 13.5 Å². The molecule has 0 amide bonds. The molecule has 0 bridgehead atoms. The molecule has 0 radical (unpaired) electrons. The van der Waals surface area contributed by atoms with E-state index >= 15 is 0 Å². The molecule has 0 spiro atoms. The van der Waals surface area contributed by atoms with Gasteiger partial charge in [0.15, 0.2) is 11.5 Å². The molecule has 0 saturated heterocycles. The third-order valence-electron chi connectivity index (χ3n) is 2.76. The summed E-state index contributed by atoms with van der Waals surface area (Å²) in [7, 11) is 1.54. The van der Waals surface area contributed by atoms with Crippen molar-refractivity contribution >= 4 is 12.0 Å². The third kappa shape index (κ3) is 6.13. The molecule has 4 nitrogen and oxygen atoms in total. The van der Waals surface area contributed by atoms with E-state index in [-0.39, 0.29) is 12.2 Å². The molecule has 2 N–H and O–H groups in total. The fourth-order valence-electron chi connectivity index (χ4n) is 1.76. The Balaban J connectivity index is 0.000000224. The first-order valence-electron chi connectivity index (χ1n) is 6.82. The van der Waals surface area contributed by atoms with E-state index in [1.54, 1.807) is 24.3 Å². The number of carboxylic acids is 1. The highest BCUT2D eigenvalue weighted by Crippen LogP contribution is 2.26. The topological polar surface area (TPSA) is 66.8 Å². The lowest BCUT2D eigenvalue weighted by Gasteiger charge is -2.03. The minimum atomic E-state index is -0.786. The zero-order chi connectivity index (χ0) is 16.4. The molecule has 4 heteroatoms. The zero-order valence-electron chi connectivity index (χ0n) is 12.7. The number of carbonyl (C=O) groups is 1. The summed E-state index contributed by atoms with van der Waals surface area (Å²) in [5, 5.41) is 17.6. The van der Waals surface area contributed by atoms with Crippen LogP contribution in [0.15, 0.2) is 54.6 Å². The number of hydrogen-bond acceptors (Lipinski definition) is 3. The Morgan fingerprint density at radius 2 is 1.86 bits per heavy atom. The number of ether oxygens (including phenoxy) is 1. The van der Waals surface area contributed by atoms with Gasteiger partial charge in [0.2, 0.25) is 0 Å². The lowest BCUT2D eigenvalue weighted by molar-refractivity contribution is -0.136. The lowest BCUT2D eigenvalue weighted by atomic mass is 10.2. The molecule has 0 saturated carbocycles. The number of aromatic hydroxyl groups is 1. The zero-order valence-corrected chi connectivity index (χ0v) is 12.7. The predicted molar refractivity (Wildman–Crippen MR) is 87.1 cm³/mol. The number of carboxylic acid groups (broad SMARTS) is 1. The number of phenols is 1. The second kappa shape index (κ2) is 9.23. The van der Waals surface area contributed by atoms with Crippen molar-refractivity contribution in [3.8, 4) is 11.5 Å². The molecule has 0 atom stereocenters. The Bertz CT molecular complexity index is 618. The van der Waals surface area contributed by atoms with E-state index in [0.29, 0.717) is 5.75 Å². The van der Waals surface area contributed by atoms with Gasteiger partial charge in [-0.3, -0.25) is 4.79 Å². The highest BCUT2D eigenvalue weighted by molar-refractivity contribution is 5.70. The first-order valence-corrected chi connectivity index (χ1v) is 6.82. The molecule has 2 rings (SSSR count). The minimum Gasteiger partial charge on any atom is -0.504 e. The number of rotatable bonds is 4. The maximum atomic E-state index is 10.2. The highest BCUT2D eigenvalue weighted by atomic mass is 16.5. The molecule has 0 unspecified atom stereocenters. The van der Waals surface area contributed by atoms with Crippen LogP contribution in [0.1, 0.15) is 18.1 Å². The maximum Gasteiger partial charge on any atom is 0.307 e. The lowest BCUT2D eigenvalue weighted by Crippen LogP contribution is -1.98. The van der Waals surface area contributed by atoms with Crippen LogP contribution in [0.2, 0.25) is 0 Å². The summed E-state index contributed by atoms with van der Waals surface area (Å²) in [6.07, 6.45) is 3.99. The summed E-state index contributed by atoms with van der Waals surface area (Å²) in [5.41, 5.74) is 1.86. The van der Waals surface area contributed by atoms with Gasteiger partial charge in [-0.05, 0) is 30.2 Å². The number of aliphatic carboxylic acids is 1. The van der Waals surface area contributed by atoms with Crippen molar-refractivity contribution in [2.45, 2.75) is 13.3 Å². The van der Waals surface area contributed by atoms with Gasteiger partial charge in [0.1, 0.15) is 0 Å². The first kappa shape index (κ1) is 17.3. The van der Waals surface area contributed by atoms with Gasteiger partial charge in [0.25, 0.3) is 0 Å². The Morgan fingerprint density at radius 3 is 2.41 bits per heavy atom. The van der Waals surface area contributed by atoms with Gasteiger partial charge in [-0.15, -0.1) is 0 Å². The van der Waals surface area contributed by atoms with Crippen LogP contribution in [0.5, 0.6) is 11.5 Å². The predicted octanol–water partition coefficient (Wildman–Crippen LogP) is 3.75. The first-order chi connectivity index (χ1) is 10.6. The van der Waals surface area contributed by atoms with Crippen LogP contribution in [-0.4, -0.2) is 23.3 Å². The number of allylic oxidation sites excluding steroid dienone is 1. The van der Waals surface area contributed by atoms with E-state index in [1.165, 1.54) is 7.11 Å². The van der Waals surface area contributed by atoms with Gasteiger partial charge in [0, 0.05) is 0 Å². The molecule has 0 aliphatic rings. The van der Waals surface area contributed by atoms with Crippen LogP contribution < -0.4 is 4.74 Å². The monoisotopic (exact) mass is 300 g/mol. The van der Waals surface area contributed by atoms with Gasteiger partial charge in [-0.25, -0.2) is 0 Å². The summed E-state index contributed by atoms with van der Waals surface area (Å²) >= 11 is 0. The fraction of sp³-hybridized carbons (Fsp3) is 0.167. The number of benzene rings is 2. The molecule has 0 aliphatic carbocycles. The van der Waals surface area contributed by atoms with Crippen LogP contribution in [0.3, 0.4) is 0 Å². The average molecular weight is 300 g/mol. The number of hydrogen-bond donors (Lipinski definition) is 2. The molecule has 0 fully saturated rings. The Kier molecular flexibility index (Phi) is 7.26. The van der Waals surface area contributed by atoms with E-state index in [2.05, 4.69) is 0 Å². The Hall–Kier alpha value is -2.75. The molecule has 116 valence electrons. The summed E-state index contributed by atoms with van der Waals surface area (Å²) in [4.78, 5) is 10.2. The number of phenolic OH excluding ortho intramolecular Hbond substituents is 1. The Morgan fingerprint density at radius 1 is 1.18 bits per heavy atom. The van der Waals surface area contributed by atoms with E-state index < -0.39 is 5.97 Å². The summed E-state index contributed by atoms with van der Waals surface area (Å²) in [6.45, 7) is 1.94. The Labute approximate surface area is 130 Å². The van der Waals surface area contributed by atoms with Gasteiger partial charge in [-0.1, -0.05) is 48.6 Å². The van der Waals surface area contributed by atoms with Crippen molar-refractivity contribution in [1.82, 2.24) is 0 Å². The average Bonchev–Trinajstić information content (AvgIpc) is 2.50. The third-order valence-corrected chi connectivity index (χ3v) is 2.76. The van der Waals surface area contributed by atoms with Crippen molar-refractivity contribution in [2.75, 3.05) is 7.11 Å². The molecular weight excluding hydrogens is 280 g/mol. The largest absolute Gasteiger partial charge is 0.504 e. The van der Waals surface area contributed by atoms with Crippen molar-refractivity contribution in [1.29, 1.82) is 0 Å². The molecule has 22 heavy (non-hydrogen) atoms. The van der Waals surface area contributed by atoms with E-state index in [4.69, 9.17) is 9.84 Å². The van der Waals surface area contributed by atoms with Crippen LogP contribution in [0.25, 0.3) is 6.08 Å². The molecule has 0 aliphatic heterocycles. The number of methoxy groups -OCH3 is 1. The summed E-state index contributed by atoms with van der Waals surface area (Å²) < 4.78 is 4.95. The van der Waals surface area contributed by atoms with Gasteiger partial charge in [-0.2, -0.15) is 0 Å². The van der Waals surface area contributed by atoms with E-state index in [9.17, 15) is 9.90 Å².